The lowest BCUT2D eigenvalue weighted by molar-refractivity contribution is -0.0277. The molecule has 7 heteroatoms. The molecule has 1 aliphatic heterocycles. The Morgan fingerprint density at radius 2 is 2.44 bits per heavy atom. The van der Waals surface area contributed by atoms with Gasteiger partial charge < -0.3 is 14.8 Å². The molecule has 2 aromatic rings. The van der Waals surface area contributed by atoms with E-state index in [4.69, 9.17) is 4.74 Å². The van der Waals surface area contributed by atoms with Gasteiger partial charge in [0.25, 0.3) is 5.56 Å². The van der Waals surface area contributed by atoms with Crippen molar-refractivity contribution in [3.8, 4) is 0 Å². The highest BCUT2D eigenvalue weighted by atomic mass is 16.5. The van der Waals surface area contributed by atoms with Crippen LogP contribution in [-0.2, 0) is 4.74 Å². The Labute approximate surface area is 102 Å². The molecule has 0 amide bonds. The van der Waals surface area contributed by atoms with Crippen LogP contribution < -0.4 is 5.56 Å². The van der Waals surface area contributed by atoms with Crippen molar-refractivity contribution >= 4 is 11.2 Å². The summed E-state index contributed by atoms with van der Waals surface area (Å²) in [4.78, 5) is 22.2. The first-order valence-corrected chi connectivity index (χ1v) is 5.87. The molecule has 0 aromatic carbocycles. The summed E-state index contributed by atoms with van der Waals surface area (Å²) in [6.07, 6.45) is 3.28. The average molecular weight is 250 g/mol. The van der Waals surface area contributed by atoms with Crippen LogP contribution in [0.25, 0.3) is 11.2 Å². The molecule has 3 heterocycles. The molecule has 0 bridgehead atoms. The Morgan fingerprint density at radius 1 is 1.61 bits per heavy atom. The third kappa shape index (κ3) is 1.63. The number of ether oxygens (including phenoxy) is 1. The molecule has 3 rings (SSSR count). The Hall–Kier alpha value is -1.73. The first kappa shape index (κ1) is 11.4. The van der Waals surface area contributed by atoms with E-state index in [-0.39, 0.29) is 30.4 Å². The van der Waals surface area contributed by atoms with Gasteiger partial charge in [-0.2, -0.15) is 0 Å². The molecule has 0 aliphatic carbocycles. The predicted molar refractivity (Wildman–Crippen MR) is 62.9 cm³/mol. The predicted octanol–water partition coefficient (Wildman–Crippen LogP) is 0.0355. The highest BCUT2D eigenvalue weighted by molar-refractivity contribution is 5.68. The van der Waals surface area contributed by atoms with Gasteiger partial charge in [0.1, 0.15) is 6.23 Å². The number of imidazole rings is 1. The summed E-state index contributed by atoms with van der Waals surface area (Å²) in [5.74, 6) is 0.263. The number of aliphatic hydroxyl groups excluding tert-OH is 1. The summed E-state index contributed by atoms with van der Waals surface area (Å²) >= 11 is 0. The van der Waals surface area contributed by atoms with E-state index in [1.807, 2.05) is 6.92 Å². The number of rotatable bonds is 2. The summed E-state index contributed by atoms with van der Waals surface area (Å²) in [6.45, 7) is 2.03. The van der Waals surface area contributed by atoms with E-state index in [1.54, 1.807) is 10.9 Å². The van der Waals surface area contributed by atoms with Gasteiger partial charge in [0.05, 0.1) is 25.4 Å². The summed E-state index contributed by atoms with van der Waals surface area (Å²) < 4.78 is 7.48. The Kier molecular flexibility index (Phi) is 2.64. The Morgan fingerprint density at radius 3 is 3.17 bits per heavy atom. The van der Waals surface area contributed by atoms with Gasteiger partial charge >= 0.3 is 0 Å². The summed E-state index contributed by atoms with van der Waals surface area (Å²) in [7, 11) is 0. The van der Waals surface area contributed by atoms with Crippen LogP contribution in [0.2, 0.25) is 0 Å². The lowest BCUT2D eigenvalue weighted by atomic mass is 10.0. The smallest absolute Gasteiger partial charge is 0.278 e. The zero-order valence-electron chi connectivity index (χ0n) is 9.91. The lowest BCUT2D eigenvalue weighted by Gasteiger charge is -2.13. The van der Waals surface area contributed by atoms with Gasteiger partial charge in [0, 0.05) is 0 Å². The van der Waals surface area contributed by atoms with Crippen molar-refractivity contribution in [2.75, 3.05) is 6.61 Å². The van der Waals surface area contributed by atoms with Crippen molar-refractivity contribution < 1.29 is 9.84 Å². The second-order valence-corrected chi connectivity index (χ2v) is 4.58. The first-order chi connectivity index (χ1) is 8.70. The molecular weight excluding hydrogens is 236 g/mol. The van der Waals surface area contributed by atoms with Crippen LogP contribution >= 0.6 is 0 Å². The molecule has 2 aromatic heterocycles. The van der Waals surface area contributed by atoms with Gasteiger partial charge in [-0.3, -0.25) is 9.36 Å². The molecule has 0 saturated carbocycles. The monoisotopic (exact) mass is 250 g/mol. The summed E-state index contributed by atoms with van der Waals surface area (Å²) in [5.41, 5.74) is 0.555. The topological polar surface area (TPSA) is 93.0 Å². The van der Waals surface area contributed by atoms with Crippen molar-refractivity contribution in [3.63, 3.8) is 0 Å². The lowest BCUT2D eigenvalue weighted by Crippen LogP contribution is -2.18. The zero-order chi connectivity index (χ0) is 12.7. The number of nitrogens with one attached hydrogen (secondary N) is 1. The second kappa shape index (κ2) is 4.18. The molecule has 1 saturated heterocycles. The van der Waals surface area contributed by atoms with Gasteiger partial charge in [-0.05, 0) is 12.3 Å². The van der Waals surface area contributed by atoms with Crippen LogP contribution in [0.5, 0.6) is 0 Å². The van der Waals surface area contributed by atoms with Crippen LogP contribution in [0.3, 0.4) is 0 Å². The second-order valence-electron chi connectivity index (χ2n) is 4.58. The maximum Gasteiger partial charge on any atom is 0.278 e. The Bertz CT molecular complexity index is 620. The molecule has 1 aliphatic rings. The van der Waals surface area contributed by atoms with E-state index in [0.29, 0.717) is 11.2 Å². The first-order valence-electron chi connectivity index (χ1n) is 5.87. The van der Waals surface area contributed by atoms with Gasteiger partial charge in [-0.15, -0.1) is 0 Å². The molecule has 0 spiro atoms. The van der Waals surface area contributed by atoms with E-state index in [0.717, 1.165) is 6.42 Å². The fourth-order valence-corrected chi connectivity index (χ4v) is 2.34. The van der Waals surface area contributed by atoms with E-state index in [2.05, 4.69) is 15.0 Å². The average Bonchev–Trinajstić information content (AvgIpc) is 2.93. The molecule has 2 unspecified atom stereocenters. The fourth-order valence-electron chi connectivity index (χ4n) is 2.34. The number of aromatic nitrogens is 4. The third-order valence-corrected chi connectivity index (χ3v) is 3.40. The molecule has 1 fully saturated rings. The summed E-state index contributed by atoms with van der Waals surface area (Å²) in [5, 5.41) is 9.19. The fraction of sp³-hybridized carbons (Fsp3) is 0.545. The largest absolute Gasteiger partial charge is 0.394 e. The number of H-pyrrole nitrogens is 1. The van der Waals surface area contributed by atoms with Crippen molar-refractivity contribution in [2.24, 2.45) is 5.92 Å². The molecule has 7 nitrogen and oxygen atoms in total. The third-order valence-electron chi connectivity index (χ3n) is 3.40. The minimum absolute atomic E-state index is 0.00168. The number of aromatic amines is 1. The Balaban J connectivity index is 2.01. The molecular formula is C11H14N4O3. The van der Waals surface area contributed by atoms with Gasteiger partial charge in [-0.1, -0.05) is 6.92 Å². The minimum atomic E-state index is -0.261. The van der Waals surface area contributed by atoms with Crippen LogP contribution in [0, 0.1) is 5.92 Å². The molecule has 3 atom stereocenters. The van der Waals surface area contributed by atoms with Gasteiger partial charge in [0.2, 0.25) is 0 Å². The van der Waals surface area contributed by atoms with E-state index >= 15 is 0 Å². The normalized spacial score (nSPS) is 28.0. The zero-order valence-corrected chi connectivity index (χ0v) is 9.91. The molecule has 2 N–H and O–H groups in total. The summed E-state index contributed by atoms with van der Waals surface area (Å²) in [6, 6.07) is 0. The molecule has 18 heavy (non-hydrogen) atoms. The number of fused-ring (bicyclic) bond motifs is 1. The van der Waals surface area contributed by atoms with Crippen LogP contribution in [0.4, 0.5) is 0 Å². The van der Waals surface area contributed by atoms with Gasteiger partial charge in [0.15, 0.2) is 11.2 Å². The van der Waals surface area contributed by atoms with Crippen molar-refractivity contribution in [1.82, 2.24) is 19.5 Å². The molecule has 0 radical (unpaired) electrons. The van der Waals surface area contributed by atoms with E-state index in [1.165, 1.54) is 6.33 Å². The number of hydrogen-bond donors (Lipinski definition) is 2. The maximum atomic E-state index is 11.5. The van der Waals surface area contributed by atoms with Crippen molar-refractivity contribution in [2.45, 2.75) is 25.7 Å². The van der Waals surface area contributed by atoms with Gasteiger partial charge in [-0.25, -0.2) is 9.97 Å². The standard InChI is InChI=1S/C11H14N4O3/c1-6-2-8(18-7(6)3-16)15-5-14-9-10(15)12-4-13-11(9)17/h4-8,16H,2-3H2,1H3,(H,12,13,17)/t6?,7?,8-/m1/s1. The van der Waals surface area contributed by atoms with Crippen LogP contribution in [0.15, 0.2) is 17.4 Å². The van der Waals surface area contributed by atoms with E-state index in [9.17, 15) is 9.90 Å². The highest BCUT2D eigenvalue weighted by Gasteiger charge is 2.33. The number of nitrogens with zero attached hydrogens (tertiary/aromatic N) is 3. The van der Waals surface area contributed by atoms with Crippen LogP contribution in [-0.4, -0.2) is 37.3 Å². The SMILES string of the molecule is CC1C[C@H](n2cnc3c(=O)[nH]cnc32)OC1CO. The number of aliphatic hydroxyl groups is 1. The maximum absolute atomic E-state index is 11.5. The highest BCUT2D eigenvalue weighted by Crippen LogP contribution is 2.33. The molecule has 96 valence electrons. The quantitative estimate of drug-likeness (QED) is 0.784. The van der Waals surface area contributed by atoms with Crippen LogP contribution in [0.1, 0.15) is 19.6 Å². The van der Waals surface area contributed by atoms with Crippen molar-refractivity contribution in [3.05, 3.63) is 23.0 Å². The number of hydrogen-bond acceptors (Lipinski definition) is 5. The minimum Gasteiger partial charge on any atom is -0.394 e. The van der Waals surface area contributed by atoms with Crippen molar-refractivity contribution in [1.29, 1.82) is 0 Å². The van der Waals surface area contributed by atoms with E-state index < -0.39 is 0 Å².